The minimum absolute atomic E-state index is 0.0372. The SMILES string of the molecule is CCCCC(CC)CC(CC(CC)CCCC)C(O)COP(=O)(O)O. The van der Waals surface area contributed by atoms with Crippen LogP contribution in [0.3, 0.4) is 0 Å². The van der Waals surface area contributed by atoms with E-state index in [1.165, 1.54) is 25.7 Å². The van der Waals surface area contributed by atoms with Crippen LogP contribution in [0.1, 0.15) is 91.9 Å². The lowest BCUT2D eigenvalue weighted by molar-refractivity contribution is 0.0231. The summed E-state index contributed by atoms with van der Waals surface area (Å²) in [5.74, 6) is 1.15. The van der Waals surface area contributed by atoms with E-state index in [0.29, 0.717) is 11.8 Å². The van der Waals surface area contributed by atoms with Crippen molar-refractivity contribution in [2.24, 2.45) is 17.8 Å². The maximum atomic E-state index is 11.0. The molecule has 0 amide bonds. The standard InChI is InChI=1S/C19H41O5P/c1-5-9-11-16(7-3)13-18(14-17(8-4)12-10-6-2)19(20)15-24-25(21,22)23/h16-20H,5-15H2,1-4H3,(H2,21,22,23). The quantitative estimate of drug-likeness (QED) is 0.317. The lowest BCUT2D eigenvalue weighted by atomic mass is 9.79. The fourth-order valence-corrected chi connectivity index (χ4v) is 3.89. The summed E-state index contributed by atoms with van der Waals surface area (Å²) in [4.78, 5) is 17.8. The topological polar surface area (TPSA) is 87.0 Å². The zero-order valence-corrected chi connectivity index (χ0v) is 17.6. The summed E-state index contributed by atoms with van der Waals surface area (Å²) in [6.45, 7) is 8.45. The first-order valence-corrected chi connectivity index (χ1v) is 11.7. The van der Waals surface area contributed by atoms with Crippen molar-refractivity contribution in [1.82, 2.24) is 0 Å². The summed E-state index contributed by atoms with van der Waals surface area (Å²) in [5, 5.41) is 10.5. The predicted molar refractivity (Wildman–Crippen MR) is 103 cm³/mol. The molecule has 0 aromatic heterocycles. The highest BCUT2D eigenvalue weighted by Gasteiger charge is 2.27. The van der Waals surface area contributed by atoms with E-state index in [1.807, 2.05) is 0 Å². The molecule has 0 radical (unpaired) electrons. The van der Waals surface area contributed by atoms with Gasteiger partial charge in [0.15, 0.2) is 0 Å². The van der Waals surface area contributed by atoms with Crippen LogP contribution in [0, 0.1) is 17.8 Å². The number of rotatable bonds is 16. The van der Waals surface area contributed by atoms with Gasteiger partial charge in [-0.05, 0) is 30.6 Å². The molecule has 0 aliphatic heterocycles. The third kappa shape index (κ3) is 13.0. The number of unbranched alkanes of at least 4 members (excludes halogenated alkanes) is 2. The van der Waals surface area contributed by atoms with Crippen LogP contribution in [0.25, 0.3) is 0 Å². The Morgan fingerprint density at radius 2 is 1.32 bits per heavy atom. The lowest BCUT2D eigenvalue weighted by Gasteiger charge is -2.30. The van der Waals surface area contributed by atoms with E-state index in [4.69, 9.17) is 9.79 Å². The van der Waals surface area contributed by atoms with Crippen LogP contribution < -0.4 is 0 Å². The lowest BCUT2D eigenvalue weighted by Crippen LogP contribution is -2.29. The molecule has 0 aliphatic rings. The molecule has 0 saturated heterocycles. The zero-order valence-electron chi connectivity index (χ0n) is 16.7. The number of phosphoric acid groups is 1. The fourth-order valence-electron chi connectivity index (χ4n) is 3.54. The van der Waals surface area contributed by atoms with Crippen molar-refractivity contribution in [2.75, 3.05) is 6.61 Å². The smallest absolute Gasteiger partial charge is 0.390 e. The molecule has 0 spiro atoms. The molecule has 0 aromatic rings. The minimum Gasteiger partial charge on any atom is -0.390 e. The average Bonchev–Trinajstić information content (AvgIpc) is 2.57. The molecule has 3 atom stereocenters. The summed E-state index contributed by atoms with van der Waals surface area (Å²) in [6, 6.07) is 0. The summed E-state index contributed by atoms with van der Waals surface area (Å²) in [7, 11) is -4.54. The predicted octanol–water partition coefficient (Wildman–Crippen LogP) is 5.29. The second kappa shape index (κ2) is 14.2. The van der Waals surface area contributed by atoms with Crippen molar-refractivity contribution in [3.8, 4) is 0 Å². The number of aliphatic hydroxyl groups is 1. The first-order chi connectivity index (χ1) is 11.8. The van der Waals surface area contributed by atoms with Gasteiger partial charge in [0, 0.05) is 0 Å². The highest BCUT2D eigenvalue weighted by molar-refractivity contribution is 7.46. The summed E-state index contributed by atoms with van der Waals surface area (Å²) in [6.07, 6.45) is 10.2. The largest absolute Gasteiger partial charge is 0.469 e. The Hall–Kier alpha value is 0.0700. The third-order valence-corrected chi connectivity index (χ3v) is 5.80. The van der Waals surface area contributed by atoms with Gasteiger partial charge in [0.2, 0.25) is 0 Å². The molecule has 0 saturated carbocycles. The second-order valence-corrected chi connectivity index (χ2v) is 8.66. The molecule has 0 aromatic carbocycles. The van der Waals surface area contributed by atoms with Crippen LogP contribution in [0.4, 0.5) is 0 Å². The van der Waals surface area contributed by atoms with Crippen LogP contribution in [0.2, 0.25) is 0 Å². The van der Waals surface area contributed by atoms with Crippen molar-refractivity contribution in [1.29, 1.82) is 0 Å². The summed E-state index contributed by atoms with van der Waals surface area (Å²) >= 11 is 0. The van der Waals surface area contributed by atoms with Gasteiger partial charge in [-0.15, -0.1) is 0 Å². The van der Waals surface area contributed by atoms with E-state index in [1.54, 1.807) is 0 Å². The molecule has 6 heteroatoms. The van der Waals surface area contributed by atoms with Crippen LogP contribution in [0.15, 0.2) is 0 Å². The van der Waals surface area contributed by atoms with Crippen molar-refractivity contribution in [2.45, 2.75) is 98.0 Å². The molecule has 0 rings (SSSR count). The molecule has 0 bridgehead atoms. The van der Waals surface area contributed by atoms with E-state index < -0.39 is 13.9 Å². The van der Waals surface area contributed by atoms with Crippen LogP contribution in [-0.4, -0.2) is 27.6 Å². The van der Waals surface area contributed by atoms with Crippen molar-refractivity contribution in [3.63, 3.8) is 0 Å². The molecule has 152 valence electrons. The van der Waals surface area contributed by atoms with Gasteiger partial charge in [-0.1, -0.05) is 79.1 Å². The van der Waals surface area contributed by atoms with E-state index in [2.05, 4.69) is 32.2 Å². The maximum absolute atomic E-state index is 11.0. The zero-order chi connectivity index (χ0) is 19.3. The highest BCUT2D eigenvalue weighted by atomic mass is 31.2. The molecular weight excluding hydrogens is 339 g/mol. The third-order valence-electron chi connectivity index (χ3n) is 5.32. The van der Waals surface area contributed by atoms with Crippen LogP contribution >= 0.6 is 7.82 Å². The second-order valence-electron chi connectivity index (χ2n) is 7.42. The fraction of sp³-hybridized carbons (Fsp3) is 1.00. The van der Waals surface area contributed by atoms with E-state index in [0.717, 1.165) is 38.5 Å². The van der Waals surface area contributed by atoms with Gasteiger partial charge < -0.3 is 14.9 Å². The van der Waals surface area contributed by atoms with Gasteiger partial charge in [0.1, 0.15) is 0 Å². The maximum Gasteiger partial charge on any atom is 0.469 e. The Balaban J connectivity index is 4.90. The van der Waals surface area contributed by atoms with Crippen molar-refractivity contribution < 1.29 is 24.0 Å². The molecule has 0 heterocycles. The van der Waals surface area contributed by atoms with E-state index in [9.17, 15) is 9.67 Å². The van der Waals surface area contributed by atoms with E-state index in [-0.39, 0.29) is 12.5 Å². The van der Waals surface area contributed by atoms with Crippen LogP contribution in [-0.2, 0) is 9.09 Å². The molecule has 3 N–H and O–H groups in total. The minimum atomic E-state index is -4.54. The Labute approximate surface area is 154 Å². The molecular formula is C19H41O5P. The van der Waals surface area contributed by atoms with Gasteiger partial charge in [0.05, 0.1) is 12.7 Å². The van der Waals surface area contributed by atoms with Crippen molar-refractivity contribution in [3.05, 3.63) is 0 Å². The molecule has 0 aliphatic carbocycles. The summed E-state index contributed by atoms with van der Waals surface area (Å²) in [5.41, 5.74) is 0. The molecule has 3 unspecified atom stereocenters. The Bertz CT molecular complexity index is 340. The van der Waals surface area contributed by atoms with Gasteiger partial charge in [-0.25, -0.2) is 4.57 Å². The number of hydrogen-bond acceptors (Lipinski definition) is 3. The normalized spacial score (nSPS) is 17.2. The first kappa shape index (κ1) is 25.1. The first-order valence-electron chi connectivity index (χ1n) is 10.1. The highest BCUT2D eigenvalue weighted by Crippen LogP contribution is 2.37. The van der Waals surface area contributed by atoms with E-state index >= 15 is 0 Å². The van der Waals surface area contributed by atoms with Crippen LogP contribution in [0.5, 0.6) is 0 Å². The van der Waals surface area contributed by atoms with Gasteiger partial charge >= 0.3 is 7.82 Å². The Kier molecular flexibility index (Phi) is 14.2. The number of hydrogen-bond donors (Lipinski definition) is 3. The summed E-state index contributed by atoms with van der Waals surface area (Å²) < 4.78 is 15.5. The van der Waals surface area contributed by atoms with Gasteiger partial charge in [-0.3, -0.25) is 4.52 Å². The van der Waals surface area contributed by atoms with Crippen molar-refractivity contribution >= 4 is 7.82 Å². The van der Waals surface area contributed by atoms with Gasteiger partial charge in [-0.2, -0.15) is 0 Å². The molecule has 0 fully saturated rings. The Morgan fingerprint density at radius 3 is 1.64 bits per heavy atom. The van der Waals surface area contributed by atoms with Gasteiger partial charge in [0.25, 0.3) is 0 Å². The number of aliphatic hydroxyl groups excluding tert-OH is 1. The monoisotopic (exact) mass is 380 g/mol. The average molecular weight is 381 g/mol. The molecule has 5 nitrogen and oxygen atoms in total. The molecule has 25 heavy (non-hydrogen) atoms. The Morgan fingerprint density at radius 1 is 0.880 bits per heavy atom. The number of phosphoric ester groups is 1.